The summed E-state index contributed by atoms with van der Waals surface area (Å²) in [7, 11) is 1.34. The van der Waals surface area contributed by atoms with E-state index in [1.807, 2.05) is 25.1 Å². The lowest BCUT2D eigenvalue weighted by atomic mass is 10.2. The highest BCUT2D eigenvalue weighted by atomic mass is 79.9. The highest BCUT2D eigenvalue weighted by Crippen LogP contribution is 2.26. The first-order valence-corrected chi connectivity index (χ1v) is 6.56. The number of hydrogen-bond donors (Lipinski definition) is 1. The fraction of sp³-hybridized carbons (Fsp3) is 0.214. The van der Waals surface area contributed by atoms with Gasteiger partial charge in [-0.2, -0.15) is 0 Å². The number of carbonyl (C=O) groups is 1. The van der Waals surface area contributed by atoms with Gasteiger partial charge in [0, 0.05) is 10.2 Å². The Morgan fingerprint density at radius 2 is 2.26 bits per heavy atom. The smallest absolute Gasteiger partial charge is 0.341 e. The molecule has 0 bridgehead atoms. The van der Waals surface area contributed by atoms with Crippen LogP contribution < -0.4 is 5.32 Å². The third-order valence-electron chi connectivity index (χ3n) is 2.72. The average Bonchev–Trinajstić information content (AvgIpc) is 2.88. The number of hydrogen-bond acceptors (Lipinski definition) is 4. The molecule has 0 aliphatic rings. The molecule has 5 heteroatoms. The molecule has 19 heavy (non-hydrogen) atoms. The van der Waals surface area contributed by atoms with Crippen molar-refractivity contribution in [2.45, 2.75) is 13.5 Å². The Labute approximate surface area is 119 Å². The monoisotopic (exact) mass is 323 g/mol. The maximum Gasteiger partial charge on any atom is 0.341 e. The number of halogens is 1. The molecule has 4 nitrogen and oxygen atoms in total. The van der Waals surface area contributed by atoms with Crippen LogP contribution in [0.5, 0.6) is 0 Å². The molecule has 100 valence electrons. The van der Waals surface area contributed by atoms with Crippen molar-refractivity contribution in [3.8, 4) is 0 Å². The van der Waals surface area contributed by atoms with E-state index in [9.17, 15) is 4.79 Å². The van der Waals surface area contributed by atoms with Crippen LogP contribution in [0.15, 0.2) is 39.4 Å². The maximum atomic E-state index is 11.3. The van der Waals surface area contributed by atoms with Crippen molar-refractivity contribution in [1.82, 2.24) is 0 Å². The van der Waals surface area contributed by atoms with Crippen molar-refractivity contribution in [1.29, 1.82) is 0 Å². The summed E-state index contributed by atoms with van der Waals surface area (Å²) >= 11 is 3.53. The summed E-state index contributed by atoms with van der Waals surface area (Å²) in [6.07, 6.45) is 1.40. The Hall–Kier alpha value is -1.75. The van der Waals surface area contributed by atoms with Gasteiger partial charge in [0.25, 0.3) is 0 Å². The summed E-state index contributed by atoms with van der Waals surface area (Å²) in [5.41, 5.74) is 2.55. The Morgan fingerprint density at radius 1 is 1.47 bits per heavy atom. The first-order valence-electron chi connectivity index (χ1n) is 5.76. The molecule has 1 aromatic heterocycles. The van der Waals surface area contributed by atoms with Gasteiger partial charge in [0.1, 0.15) is 12.0 Å². The minimum absolute atomic E-state index is 0.397. The molecule has 0 aliphatic heterocycles. The van der Waals surface area contributed by atoms with Crippen molar-refractivity contribution < 1.29 is 13.9 Å². The molecule has 1 aromatic carbocycles. The Kier molecular flexibility index (Phi) is 4.27. The molecule has 0 saturated heterocycles. The van der Waals surface area contributed by atoms with Gasteiger partial charge < -0.3 is 14.5 Å². The second-order valence-corrected chi connectivity index (χ2v) is 4.88. The van der Waals surface area contributed by atoms with Crippen molar-refractivity contribution in [3.63, 3.8) is 0 Å². The molecule has 0 radical (unpaired) electrons. The van der Waals surface area contributed by atoms with Crippen molar-refractivity contribution in [3.05, 3.63) is 51.9 Å². The van der Waals surface area contributed by atoms with Gasteiger partial charge in [-0.3, -0.25) is 0 Å². The van der Waals surface area contributed by atoms with Gasteiger partial charge in [-0.05, 0) is 40.5 Å². The number of rotatable bonds is 4. The van der Waals surface area contributed by atoms with Crippen LogP contribution in [-0.4, -0.2) is 13.1 Å². The number of aryl methyl sites for hydroxylation is 1. The molecule has 0 saturated carbocycles. The lowest BCUT2D eigenvalue weighted by Crippen LogP contribution is -2.01. The molecule has 2 rings (SSSR count). The van der Waals surface area contributed by atoms with Crippen molar-refractivity contribution in [2.24, 2.45) is 0 Å². The minimum atomic E-state index is -0.397. The second kappa shape index (κ2) is 5.93. The number of carbonyl (C=O) groups excluding carboxylic acids is 1. The van der Waals surface area contributed by atoms with Crippen LogP contribution in [0.3, 0.4) is 0 Å². The normalized spacial score (nSPS) is 10.3. The summed E-state index contributed by atoms with van der Waals surface area (Å²) in [4.78, 5) is 11.3. The molecule has 0 fully saturated rings. The summed E-state index contributed by atoms with van der Waals surface area (Å²) < 4.78 is 10.9. The van der Waals surface area contributed by atoms with E-state index >= 15 is 0 Å². The molecule has 0 aliphatic carbocycles. The zero-order valence-electron chi connectivity index (χ0n) is 10.7. The second-order valence-electron chi connectivity index (χ2n) is 4.08. The Bertz CT molecular complexity index is 592. The van der Waals surface area contributed by atoms with Crippen LogP contribution in [0.25, 0.3) is 0 Å². The van der Waals surface area contributed by atoms with E-state index in [0.29, 0.717) is 17.9 Å². The summed E-state index contributed by atoms with van der Waals surface area (Å²) in [5.74, 6) is 0.278. The highest BCUT2D eigenvalue weighted by molar-refractivity contribution is 9.10. The number of ether oxygens (including phenoxy) is 1. The molecular weight excluding hydrogens is 310 g/mol. The molecule has 0 unspecified atom stereocenters. The molecule has 0 amide bonds. The molecule has 2 aromatic rings. The Balaban J connectivity index is 2.04. The van der Waals surface area contributed by atoms with Gasteiger partial charge in [0.2, 0.25) is 0 Å². The quantitative estimate of drug-likeness (QED) is 0.870. The van der Waals surface area contributed by atoms with Crippen LogP contribution in [0.2, 0.25) is 0 Å². The first-order chi connectivity index (χ1) is 9.11. The van der Waals surface area contributed by atoms with Crippen LogP contribution in [0, 0.1) is 6.92 Å². The number of anilines is 1. The van der Waals surface area contributed by atoms with E-state index in [4.69, 9.17) is 4.42 Å². The Morgan fingerprint density at radius 3 is 3.00 bits per heavy atom. The van der Waals surface area contributed by atoms with Gasteiger partial charge >= 0.3 is 5.97 Å². The predicted octanol–water partition coefficient (Wildman–Crippen LogP) is 3.75. The standard InChI is InChI=1S/C14H14BrNO3/c1-9-4-3-5-12(13(9)15)16-7-11-6-10(8-19-11)14(17)18-2/h3-6,8,16H,7H2,1-2H3. The minimum Gasteiger partial charge on any atom is -0.467 e. The van der Waals surface area contributed by atoms with E-state index in [1.165, 1.54) is 13.4 Å². The molecule has 0 spiro atoms. The zero-order chi connectivity index (χ0) is 13.8. The van der Waals surface area contributed by atoms with Gasteiger partial charge in [-0.1, -0.05) is 12.1 Å². The number of methoxy groups -OCH3 is 1. The third-order valence-corrected chi connectivity index (χ3v) is 3.77. The number of esters is 1. The lowest BCUT2D eigenvalue weighted by molar-refractivity contribution is 0.0600. The molecule has 0 atom stereocenters. The van der Waals surface area contributed by atoms with E-state index in [0.717, 1.165) is 15.7 Å². The van der Waals surface area contributed by atoms with E-state index < -0.39 is 5.97 Å². The highest BCUT2D eigenvalue weighted by Gasteiger charge is 2.10. The van der Waals surface area contributed by atoms with E-state index in [-0.39, 0.29) is 0 Å². The number of benzene rings is 1. The van der Waals surface area contributed by atoms with Gasteiger partial charge in [-0.25, -0.2) is 4.79 Å². The van der Waals surface area contributed by atoms with Crippen molar-refractivity contribution in [2.75, 3.05) is 12.4 Å². The van der Waals surface area contributed by atoms with Crippen molar-refractivity contribution >= 4 is 27.6 Å². The van der Waals surface area contributed by atoms with Gasteiger partial charge in [0.15, 0.2) is 0 Å². The molecule has 1 heterocycles. The van der Waals surface area contributed by atoms with Crippen LogP contribution in [0.4, 0.5) is 5.69 Å². The van der Waals surface area contributed by atoms with Gasteiger partial charge in [-0.15, -0.1) is 0 Å². The summed E-state index contributed by atoms with van der Waals surface area (Å²) in [6.45, 7) is 2.52. The molecular formula is C14H14BrNO3. The average molecular weight is 324 g/mol. The summed E-state index contributed by atoms with van der Waals surface area (Å²) in [6, 6.07) is 7.64. The SMILES string of the molecule is COC(=O)c1coc(CNc2cccc(C)c2Br)c1. The molecule has 1 N–H and O–H groups in total. The summed E-state index contributed by atoms with van der Waals surface area (Å²) in [5, 5.41) is 3.25. The zero-order valence-corrected chi connectivity index (χ0v) is 12.3. The first kappa shape index (κ1) is 13.7. The predicted molar refractivity (Wildman–Crippen MR) is 76.3 cm³/mol. The third kappa shape index (κ3) is 3.17. The van der Waals surface area contributed by atoms with E-state index in [2.05, 4.69) is 26.0 Å². The number of furan rings is 1. The van der Waals surface area contributed by atoms with Crippen LogP contribution >= 0.6 is 15.9 Å². The lowest BCUT2D eigenvalue weighted by Gasteiger charge is -2.08. The fourth-order valence-electron chi connectivity index (χ4n) is 1.66. The maximum absolute atomic E-state index is 11.3. The van der Waals surface area contributed by atoms with Gasteiger partial charge in [0.05, 0.1) is 19.2 Å². The van der Waals surface area contributed by atoms with Crippen LogP contribution in [0.1, 0.15) is 21.7 Å². The number of nitrogens with one attached hydrogen (secondary N) is 1. The van der Waals surface area contributed by atoms with Crippen LogP contribution in [-0.2, 0) is 11.3 Å². The topological polar surface area (TPSA) is 51.5 Å². The van der Waals surface area contributed by atoms with E-state index in [1.54, 1.807) is 6.07 Å². The fourth-order valence-corrected chi connectivity index (χ4v) is 2.07. The largest absolute Gasteiger partial charge is 0.467 e.